The Kier molecular flexibility index (Phi) is 7.31. The SMILES string of the molecule is COc1ccccc1N1CCN(C(=O)CN(c2cc(C)ccc2C)S(=O)(=O)c2ccccc2)CC1. The monoisotopic (exact) mass is 493 g/mol. The summed E-state index contributed by atoms with van der Waals surface area (Å²) in [4.78, 5) is 17.5. The highest BCUT2D eigenvalue weighted by atomic mass is 32.2. The Morgan fingerprint density at radius 1 is 0.914 bits per heavy atom. The molecular weight excluding hydrogens is 462 g/mol. The van der Waals surface area contributed by atoms with E-state index in [0.29, 0.717) is 31.9 Å². The predicted octanol–water partition coefficient (Wildman–Crippen LogP) is 3.86. The van der Waals surface area contributed by atoms with Crippen LogP contribution in [0.25, 0.3) is 0 Å². The van der Waals surface area contributed by atoms with E-state index in [0.717, 1.165) is 22.6 Å². The second kappa shape index (κ2) is 10.4. The number of hydrogen-bond donors (Lipinski definition) is 0. The second-order valence-electron chi connectivity index (χ2n) is 8.65. The molecule has 184 valence electrons. The number of sulfonamides is 1. The van der Waals surface area contributed by atoms with Crippen molar-refractivity contribution in [1.82, 2.24) is 4.90 Å². The molecule has 0 aliphatic carbocycles. The Hall–Kier alpha value is -3.52. The Labute approximate surface area is 207 Å². The number of hydrogen-bond acceptors (Lipinski definition) is 5. The summed E-state index contributed by atoms with van der Waals surface area (Å²) >= 11 is 0. The number of ether oxygens (including phenoxy) is 1. The highest BCUT2D eigenvalue weighted by molar-refractivity contribution is 7.92. The first-order chi connectivity index (χ1) is 16.8. The van der Waals surface area contributed by atoms with E-state index in [1.807, 2.05) is 56.3 Å². The molecule has 1 fully saturated rings. The van der Waals surface area contributed by atoms with Crippen LogP contribution in [0.15, 0.2) is 77.7 Å². The van der Waals surface area contributed by atoms with Crippen LogP contribution in [0.3, 0.4) is 0 Å². The van der Waals surface area contributed by atoms with Crippen molar-refractivity contribution in [3.63, 3.8) is 0 Å². The van der Waals surface area contributed by atoms with Crippen LogP contribution in [0.1, 0.15) is 11.1 Å². The molecule has 1 amide bonds. The molecule has 1 heterocycles. The third-order valence-electron chi connectivity index (χ3n) is 6.30. The van der Waals surface area contributed by atoms with Crippen LogP contribution in [0.2, 0.25) is 0 Å². The Morgan fingerprint density at radius 3 is 2.26 bits per heavy atom. The van der Waals surface area contributed by atoms with Gasteiger partial charge in [0.2, 0.25) is 5.91 Å². The number of amides is 1. The molecule has 8 heteroatoms. The van der Waals surface area contributed by atoms with E-state index in [-0.39, 0.29) is 17.3 Å². The van der Waals surface area contributed by atoms with E-state index < -0.39 is 10.0 Å². The number of methoxy groups -OCH3 is 1. The second-order valence-corrected chi connectivity index (χ2v) is 10.5. The van der Waals surface area contributed by atoms with Crippen molar-refractivity contribution in [2.75, 3.05) is 49.0 Å². The molecule has 1 saturated heterocycles. The van der Waals surface area contributed by atoms with Crippen LogP contribution in [0, 0.1) is 13.8 Å². The zero-order valence-electron chi connectivity index (χ0n) is 20.3. The lowest BCUT2D eigenvalue weighted by atomic mass is 10.1. The van der Waals surface area contributed by atoms with Gasteiger partial charge in [0.05, 0.1) is 23.4 Å². The summed E-state index contributed by atoms with van der Waals surface area (Å²) in [5.74, 6) is 0.576. The van der Waals surface area contributed by atoms with Gasteiger partial charge in [0, 0.05) is 26.2 Å². The molecule has 0 aromatic heterocycles. The minimum absolute atomic E-state index is 0.162. The number of carbonyl (C=O) groups is 1. The molecule has 1 aliphatic heterocycles. The molecule has 0 saturated carbocycles. The van der Waals surface area contributed by atoms with Crippen LogP contribution < -0.4 is 13.9 Å². The fraction of sp³-hybridized carbons (Fsp3) is 0.296. The first-order valence-corrected chi connectivity index (χ1v) is 13.1. The molecule has 3 aromatic rings. The van der Waals surface area contributed by atoms with Gasteiger partial charge in [-0.05, 0) is 55.3 Å². The topological polar surface area (TPSA) is 70.2 Å². The molecule has 1 aliphatic rings. The molecular formula is C27H31N3O4S. The number of rotatable bonds is 7. The number of nitrogens with zero attached hydrogens (tertiary/aromatic N) is 3. The van der Waals surface area contributed by atoms with Crippen LogP contribution in [-0.4, -0.2) is 59.1 Å². The molecule has 0 spiro atoms. The molecule has 3 aromatic carbocycles. The van der Waals surface area contributed by atoms with Crippen LogP contribution in [0.4, 0.5) is 11.4 Å². The lowest BCUT2D eigenvalue weighted by molar-refractivity contribution is -0.129. The van der Waals surface area contributed by atoms with Gasteiger partial charge in [0.15, 0.2) is 0 Å². The van der Waals surface area contributed by atoms with Crippen molar-refractivity contribution in [3.8, 4) is 5.75 Å². The zero-order valence-corrected chi connectivity index (χ0v) is 21.2. The highest BCUT2D eigenvalue weighted by Crippen LogP contribution is 2.30. The number of para-hydroxylation sites is 2. The summed E-state index contributed by atoms with van der Waals surface area (Å²) < 4.78 is 34.0. The maximum absolute atomic E-state index is 13.7. The third-order valence-corrected chi connectivity index (χ3v) is 8.08. The maximum Gasteiger partial charge on any atom is 0.264 e. The minimum Gasteiger partial charge on any atom is -0.495 e. The van der Waals surface area contributed by atoms with Gasteiger partial charge < -0.3 is 14.5 Å². The van der Waals surface area contributed by atoms with Crippen molar-refractivity contribution in [2.45, 2.75) is 18.7 Å². The van der Waals surface area contributed by atoms with Crippen molar-refractivity contribution in [1.29, 1.82) is 0 Å². The maximum atomic E-state index is 13.7. The largest absolute Gasteiger partial charge is 0.495 e. The highest BCUT2D eigenvalue weighted by Gasteiger charge is 2.31. The summed E-state index contributed by atoms with van der Waals surface area (Å²) in [5.41, 5.74) is 3.24. The number of benzene rings is 3. The van der Waals surface area contributed by atoms with E-state index in [1.54, 1.807) is 42.3 Å². The van der Waals surface area contributed by atoms with Crippen molar-refractivity contribution >= 4 is 27.3 Å². The molecule has 35 heavy (non-hydrogen) atoms. The van der Waals surface area contributed by atoms with Gasteiger partial charge in [-0.1, -0.05) is 42.5 Å². The smallest absolute Gasteiger partial charge is 0.264 e. The standard InChI is InChI=1S/C27H31N3O4S/c1-21-13-14-22(2)25(19-21)30(35(32,33)23-9-5-4-6-10-23)20-27(31)29-17-15-28(16-18-29)24-11-7-8-12-26(24)34-3/h4-14,19H,15-18,20H2,1-3H3. The van der Waals surface area contributed by atoms with E-state index in [2.05, 4.69) is 4.90 Å². The number of carbonyl (C=O) groups excluding carboxylic acids is 1. The molecule has 0 radical (unpaired) electrons. The summed E-state index contributed by atoms with van der Waals surface area (Å²) in [5, 5.41) is 0. The Bertz CT molecular complexity index is 1290. The van der Waals surface area contributed by atoms with E-state index >= 15 is 0 Å². The summed E-state index contributed by atoms with van der Waals surface area (Å²) in [6.07, 6.45) is 0. The van der Waals surface area contributed by atoms with E-state index in [1.165, 1.54) is 4.31 Å². The van der Waals surface area contributed by atoms with Crippen molar-refractivity contribution in [2.24, 2.45) is 0 Å². The van der Waals surface area contributed by atoms with Crippen molar-refractivity contribution < 1.29 is 17.9 Å². The molecule has 0 unspecified atom stereocenters. The molecule has 4 rings (SSSR count). The minimum atomic E-state index is -3.93. The lowest BCUT2D eigenvalue weighted by Gasteiger charge is -2.37. The Balaban J connectivity index is 1.56. The number of anilines is 2. The summed E-state index contributed by atoms with van der Waals surface area (Å²) in [7, 11) is -2.28. The van der Waals surface area contributed by atoms with Gasteiger partial charge in [-0.3, -0.25) is 9.10 Å². The molecule has 7 nitrogen and oxygen atoms in total. The van der Waals surface area contributed by atoms with Gasteiger partial charge in [-0.2, -0.15) is 0 Å². The first-order valence-electron chi connectivity index (χ1n) is 11.6. The predicted molar refractivity (Wildman–Crippen MR) is 139 cm³/mol. The average molecular weight is 494 g/mol. The fourth-order valence-corrected chi connectivity index (χ4v) is 5.81. The van der Waals surface area contributed by atoms with Gasteiger partial charge in [-0.25, -0.2) is 8.42 Å². The number of piperazine rings is 1. The van der Waals surface area contributed by atoms with E-state index in [4.69, 9.17) is 4.74 Å². The number of aryl methyl sites for hydroxylation is 2. The third kappa shape index (κ3) is 5.27. The van der Waals surface area contributed by atoms with Crippen LogP contribution in [-0.2, 0) is 14.8 Å². The molecule has 0 N–H and O–H groups in total. The molecule has 0 bridgehead atoms. The quantitative estimate of drug-likeness (QED) is 0.500. The zero-order chi connectivity index (χ0) is 25.0. The average Bonchev–Trinajstić information content (AvgIpc) is 2.89. The Morgan fingerprint density at radius 2 is 1.57 bits per heavy atom. The van der Waals surface area contributed by atoms with Gasteiger partial charge in [0.25, 0.3) is 10.0 Å². The normalized spacial score (nSPS) is 14.0. The van der Waals surface area contributed by atoms with Gasteiger partial charge >= 0.3 is 0 Å². The molecule has 0 atom stereocenters. The van der Waals surface area contributed by atoms with Crippen LogP contribution >= 0.6 is 0 Å². The summed E-state index contributed by atoms with van der Waals surface area (Å²) in [6, 6.07) is 21.7. The summed E-state index contributed by atoms with van der Waals surface area (Å²) in [6.45, 7) is 5.80. The van der Waals surface area contributed by atoms with Gasteiger partial charge in [0.1, 0.15) is 12.3 Å². The van der Waals surface area contributed by atoms with Gasteiger partial charge in [-0.15, -0.1) is 0 Å². The lowest BCUT2D eigenvalue weighted by Crippen LogP contribution is -2.52. The van der Waals surface area contributed by atoms with Crippen LogP contribution in [0.5, 0.6) is 5.75 Å². The first kappa shape index (κ1) is 24.6. The van der Waals surface area contributed by atoms with E-state index in [9.17, 15) is 13.2 Å². The fourth-order valence-electron chi connectivity index (χ4n) is 4.32. The van der Waals surface area contributed by atoms with Crippen molar-refractivity contribution in [3.05, 3.63) is 83.9 Å².